The summed E-state index contributed by atoms with van der Waals surface area (Å²) >= 11 is 0. The zero-order chi connectivity index (χ0) is 33.0. The van der Waals surface area contributed by atoms with Gasteiger partial charge >= 0.3 is 5.97 Å². The summed E-state index contributed by atoms with van der Waals surface area (Å²) in [5, 5.41) is 13.3. The van der Waals surface area contributed by atoms with Gasteiger partial charge in [0.1, 0.15) is 18.1 Å². The Kier molecular flexibility index (Phi) is 11.8. The molecule has 0 fully saturated rings. The second kappa shape index (κ2) is 16.6. The molecule has 0 saturated carbocycles. The normalized spacial score (nSPS) is 18.7. The molecule has 0 aromatic heterocycles. The molecule has 244 valence electrons. The van der Waals surface area contributed by atoms with Gasteiger partial charge in [-0.3, -0.25) is 14.4 Å². The largest absolute Gasteiger partial charge is 0.494 e. The van der Waals surface area contributed by atoms with Crippen molar-refractivity contribution in [2.24, 2.45) is 11.8 Å². The summed E-state index contributed by atoms with van der Waals surface area (Å²) in [7, 11) is 0. The third-order valence-electron chi connectivity index (χ3n) is 8.80. The Morgan fingerprint density at radius 3 is 2.30 bits per heavy atom. The monoisotopic (exact) mass is 633 g/mol. The molecule has 4 aromatic rings. The highest BCUT2D eigenvalue weighted by Gasteiger charge is 2.35. The van der Waals surface area contributed by atoms with Gasteiger partial charge in [0.05, 0.1) is 24.5 Å². The minimum Gasteiger partial charge on any atom is -0.494 e. The van der Waals surface area contributed by atoms with Crippen LogP contribution in [0.5, 0.6) is 11.5 Å². The molecule has 6 rings (SSSR count). The number of benzene rings is 4. The lowest BCUT2D eigenvalue weighted by Gasteiger charge is -2.26. The fourth-order valence-corrected chi connectivity index (χ4v) is 6.05. The van der Waals surface area contributed by atoms with Crippen LogP contribution in [0.1, 0.15) is 64.7 Å². The third kappa shape index (κ3) is 9.79. The van der Waals surface area contributed by atoms with Crippen molar-refractivity contribution < 1.29 is 29.0 Å². The molecule has 2 aliphatic rings. The van der Waals surface area contributed by atoms with Gasteiger partial charge in [-0.2, -0.15) is 0 Å². The number of rotatable bonds is 10. The van der Waals surface area contributed by atoms with Crippen LogP contribution < -0.4 is 14.8 Å². The van der Waals surface area contributed by atoms with E-state index in [0.717, 1.165) is 23.1 Å². The van der Waals surface area contributed by atoms with Gasteiger partial charge in [0.2, 0.25) is 5.91 Å². The summed E-state index contributed by atoms with van der Waals surface area (Å²) in [6, 6.07) is 31.7. The number of nitrogens with one attached hydrogen (secondary N) is 1. The first-order valence-corrected chi connectivity index (χ1v) is 16.5. The van der Waals surface area contributed by atoms with Crippen LogP contribution in [0, 0.1) is 18.8 Å². The van der Waals surface area contributed by atoms with Crippen molar-refractivity contribution in [2.75, 3.05) is 6.61 Å². The zero-order valence-electron chi connectivity index (χ0n) is 26.9. The van der Waals surface area contributed by atoms with Crippen molar-refractivity contribution in [1.82, 2.24) is 5.32 Å². The number of carbonyl (C=O) groups excluding carboxylic acids is 2. The number of amides is 1. The van der Waals surface area contributed by atoms with E-state index in [2.05, 4.69) is 29.6 Å². The molecule has 1 amide bonds. The quantitative estimate of drug-likeness (QED) is 0.177. The number of hydrogen-bond acceptors (Lipinski definition) is 5. The maximum absolute atomic E-state index is 14.1. The highest BCUT2D eigenvalue weighted by atomic mass is 16.5. The van der Waals surface area contributed by atoms with E-state index in [1.165, 1.54) is 5.56 Å². The number of carboxylic acids is 1. The van der Waals surface area contributed by atoms with Crippen LogP contribution in [0.15, 0.2) is 103 Å². The van der Waals surface area contributed by atoms with Gasteiger partial charge in [0, 0.05) is 12.0 Å². The van der Waals surface area contributed by atoms with Crippen molar-refractivity contribution in [3.8, 4) is 11.5 Å². The topological polar surface area (TPSA) is 102 Å². The summed E-state index contributed by atoms with van der Waals surface area (Å²) in [5.41, 5.74) is 4.65. The summed E-state index contributed by atoms with van der Waals surface area (Å²) in [6.07, 6.45) is 3.67. The Bertz CT molecular complexity index is 1600. The molecule has 0 saturated heterocycles. The SMILES string of the molecule is Cc1ccc(CCCC2C(=O)NC(C(=O)c3ccc(OCc4ccccc4)cc3)Cc3ccc(cc3)OCCCCC2C(=O)O)cc1. The smallest absolute Gasteiger partial charge is 0.307 e. The molecular weight excluding hydrogens is 590 g/mol. The molecule has 0 spiro atoms. The fourth-order valence-electron chi connectivity index (χ4n) is 6.05. The number of carbonyl (C=O) groups is 3. The summed E-state index contributed by atoms with van der Waals surface area (Å²) in [6.45, 7) is 2.90. The van der Waals surface area contributed by atoms with Gasteiger partial charge in [-0.05, 0) is 98.5 Å². The lowest BCUT2D eigenvalue weighted by molar-refractivity contribution is -0.148. The number of hydrogen-bond donors (Lipinski definition) is 2. The van der Waals surface area contributed by atoms with Crippen LogP contribution in [0.2, 0.25) is 0 Å². The minimum atomic E-state index is -0.994. The molecule has 7 nitrogen and oxygen atoms in total. The molecule has 0 aliphatic carbocycles. The first kappa shape index (κ1) is 33.5. The Labute approximate surface area is 276 Å². The molecule has 47 heavy (non-hydrogen) atoms. The van der Waals surface area contributed by atoms with Gasteiger partial charge in [-0.1, -0.05) is 72.3 Å². The first-order chi connectivity index (χ1) is 22.9. The van der Waals surface area contributed by atoms with E-state index in [9.17, 15) is 19.5 Å². The summed E-state index contributed by atoms with van der Waals surface area (Å²) in [4.78, 5) is 40.6. The van der Waals surface area contributed by atoms with E-state index in [1.54, 1.807) is 24.3 Å². The van der Waals surface area contributed by atoms with E-state index in [1.807, 2.05) is 61.5 Å². The van der Waals surface area contributed by atoms with Crippen LogP contribution in [0.3, 0.4) is 0 Å². The number of ether oxygens (including phenoxy) is 2. The molecule has 2 heterocycles. The Hall–Kier alpha value is -4.91. The van der Waals surface area contributed by atoms with Gasteiger partial charge in [-0.25, -0.2) is 0 Å². The predicted molar refractivity (Wildman–Crippen MR) is 182 cm³/mol. The third-order valence-corrected chi connectivity index (χ3v) is 8.80. The van der Waals surface area contributed by atoms with Crippen molar-refractivity contribution in [2.45, 2.75) is 64.5 Å². The Balaban J connectivity index is 1.36. The second-order valence-electron chi connectivity index (χ2n) is 12.3. The maximum atomic E-state index is 14.1. The average Bonchev–Trinajstić information content (AvgIpc) is 3.09. The fraction of sp³-hybridized carbons (Fsp3) is 0.325. The number of aliphatic carboxylic acids is 1. The highest BCUT2D eigenvalue weighted by molar-refractivity contribution is 6.02. The van der Waals surface area contributed by atoms with Crippen LogP contribution >= 0.6 is 0 Å². The van der Waals surface area contributed by atoms with Gasteiger partial charge in [0.25, 0.3) is 0 Å². The Morgan fingerprint density at radius 2 is 1.60 bits per heavy atom. The van der Waals surface area contributed by atoms with Crippen LogP contribution in [-0.4, -0.2) is 35.4 Å². The van der Waals surface area contributed by atoms with Crippen molar-refractivity contribution >= 4 is 17.7 Å². The number of carboxylic acid groups (broad SMARTS) is 1. The second-order valence-corrected chi connectivity index (χ2v) is 12.3. The standard InChI is InChI=1S/C40H43NO6/c1-28-13-15-29(16-14-28)10-7-12-35-36(40(44)45)11-5-6-25-46-33-21-17-30(18-22-33)26-37(41-39(35)43)38(42)32-19-23-34(24-20-32)47-27-31-8-3-2-4-9-31/h2-4,8-9,13-24,35-37H,5-7,10-12,25-27H2,1H3,(H,41,43)(H,44,45). The molecule has 7 heteroatoms. The molecule has 2 bridgehead atoms. The van der Waals surface area contributed by atoms with Crippen molar-refractivity contribution in [3.05, 3.63) is 131 Å². The predicted octanol–water partition coefficient (Wildman–Crippen LogP) is 7.39. The summed E-state index contributed by atoms with van der Waals surface area (Å²) < 4.78 is 11.8. The minimum absolute atomic E-state index is 0.247. The van der Waals surface area contributed by atoms with Crippen molar-refractivity contribution in [1.29, 1.82) is 0 Å². The van der Waals surface area contributed by atoms with E-state index in [-0.39, 0.29) is 12.2 Å². The van der Waals surface area contributed by atoms with Crippen LogP contribution in [0.4, 0.5) is 0 Å². The zero-order valence-corrected chi connectivity index (χ0v) is 26.9. The first-order valence-electron chi connectivity index (χ1n) is 16.5. The Morgan fingerprint density at radius 1 is 0.872 bits per heavy atom. The molecule has 3 atom stereocenters. The van der Waals surface area contributed by atoms with Crippen LogP contribution in [-0.2, 0) is 29.0 Å². The molecule has 3 unspecified atom stereocenters. The molecule has 2 aliphatic heterocycles. The number of ketones is 1. The van der Waals surface area contributed by atoms with Crippen molar-refractivity contribution in [3.63, 3.8) is 0 Å². The van der Waals surface area contributed by atoms with E-state index in [4.69, 9.17) is 9.47 Å². The van der Waals surface area contributed by atoms with E-state index in [0.29, 0.717) is 62.4 Å². The van der Waals surface area contributed by atoms with Gasteiger partial charge in [-0.15, -0.1) is 0 Å². The van der Waals surface area contributed by atoms with E-state index < -0.39 is 29.8 Å². The molecule has 0 radical (unpaired) electrons. The lowest BCUT2D eigenvalue weighted by atomic mass is 9.82. The number of fused-ring (bicyclic) bond motifs is 12. The van der Waals surface area contributed by atoms with Gasteiger partial charge in [0.15, 0.2) is 5.78 Å². The summed E-state index contributed by atoms with van der Waals surface area (Å²) in [5.74, 6) is -1.95. The average molecular weight is 634 g/mol. The molecular formula is C40H43NO6. The number of aryl methyl sites for hydroxylation is 2. The molecule has 4 aromatic carbocycles. The maximum Gasteiger partial charge on any atom is 0.307 e. The highest BCUT2D eigenvalue weighted by Crippen LogP contribution is 2.27. The van der Waals surface area contributed by atoms with E-state index >= 15 is 0 Å². The molecule has 2 N–H and O–H groups in total. The van der Waals surface area contributed by atoms with Crippen LogP contribution in [0.25, 0.3) is 0 Å². The lowest BCUT2D eigenvalue weighted by Crippen LogP contribution is -2.47. The number of Topliss-reactive ketones (excluding diaryl/α,β-unsaturated/α-hetero) is 1. The van der Waals surface area contributed by atoms with Gasteiger partial charge < -0.3 is 19.9 Å².